The molecule has 1 amide bonds. The van der Waals surface area contributed by atoms with Crippen LogP contribution in [0.25, 0.3) is 33.4 Å². The summed E-state index contributed by atoms with van der Waals surface area (Å²) in [6, 6.07) is 24.4. The first-order chi connectivity index (χ1) is 17.1. The molecule has 0 saturated carbocycles. The first-order valence-electron chi connectivity index (χ1n) is 10.9. The molecule has 2 heterocycles. The summed E-state index contributed by atoms with van der Waals surface area (Å²) in [7, 11) is 1.54. The van der Waals surface area contributed by atoms with Crippen LogP contribution in [0.5, 0.6) is 5.75 Å². The number of ether oxygens (including phenoxy) is 1. The zero-order valence-electron chi connectivity index (χ0n) is 18.8. The number of nitrogens with one attached hydrogen (secondary N) is 1. The smallest absolute Gasteiger partial charge is 0.344 e. The Balaban J connectivity index is 1.44. The zero-order chi connectivity index (χ0) is 24.4. The number of hydrogen-bond donors (Lipinski definition) is 2. The highest BCUT2D eigenvalue weighted by Crippen LogP contribution is 2.34. The molecular weight excluding hydrogens is 446 g/mol. The summed E-state index contributed by atoms with van der Waals surface area (Å²) >= 11 is 0. The second kappa shape index (κ2) is 9.32. The number of hydrogen-bond acceptors (Lipinski definition) is 6. The number of benzene rings is 3. The predicted molar refractivity (Wildman–Crippen MR) is 132 cm³/mol. The summed E-state index contributed by atoms with van der Waals surface area (Å²) in [4.78, 5) is 25.6. The molecule has 0 aliphatic heterocycles. The lowest BCUT2D eigenvalue weighted by atomic mass is 10.0. The van der Waals surface area contributed by atoms with Crippen molar-refractivity contribution in [2.75, 3.05) is 12.4 Å². The van der Waals surface area contributed by atoms with Crippen LogP contribution >= 0.6 is 0 Å². The number of amides is 1. The number of anilines is 1. The van der Waals surface area contributed by atoms with E-state index >= 15 is 0 Å². The quantitative estimate of drug-likeness (QED) is 0.321. The minimum absolute atomic E-state index is 0.218. The van der Waals surface area contributed by atoms with Gasteiger partial charge in [-0.3, -0.25) is 4.79 Å². The molecule has 174 valence electrons. The highest BCUT2D eigenvalue weighted by Gasteiger charge is 2.15. The van der Waals surface area contributed by atoms with Crippen molar-refractivity contribution < 1.29 is 23.5 Å². The molecule has 7 heteroatoms. The molecule has 0 bridgehead atoms. The van der Waals surface area contributed by atoms with E-state index in [-0.39, 0.29) is 12.5 Å². The largest absolute Gasteiger partial charge is 0.496 e. The number of furan rings is 1. The number of carbonyl (C=O) groups is 1. The lowest BCUT2D eigenvalue weighted by molar-refractivity contribution is 0.102. The molecule has 0 saturated heterocycles. The van der Waals surface area contributed by atoms with E-state index in [0.717, 1.165) is 5.39 Å². The molecule has 7 nitrogen and oxygen atoms in total. The Morgan fingerprint density at radius 3 is 2.57 bits per heavy atom. The summed E-state index contributed by atoms with van der Waals surface area (Å²) in [6.45, 7) is -0.218. The first kappa shape index (κ1) is 22.2. The van der Waals surface area contributed by atoms with Crippen LogP contribution in [-0.2, 0) is 6.61 Å². The normalized spacial score (nSPS) is 10.9. The van der Waals surface area contributed by atoms with Crippen molar-refractivity contribution in [3.8, 4) is 28.2 Å². The molecule has 2 aromatic heterocycles. The molecule has 35 heavy (non-hydrogen) atoms. The van der Waals surface area contributed by atoms with E-state index in [4.69, 9.17) is 13.6 Å². The van der Waals surface area contributed by atoms with Gasteiger partial charge < -0.3 is 24.0 Å². The molecule has 5 aromatic rings. The molecule has 0 radical (unpaired) electrons. The summed E-state index contributed by atoms with van der Waals surface area (Å²) in [5.74, 6) is 1.15. The van der Waals surface area contributed by atoms with Crippen LogP contribution in [0.15, 0.2) is 98.6 Å². The number of fused-ring (bicyclic) bond motifs is 1. The van der Waals surface area contributed by atoms with E-state index in [9.17, 15) is 14.7 Å². The van der Waals surface area contributed by atoms with Crippen LogP contribution in [0.1, 0.15) is 16.1 Å². The van der Waals surface area contributed by atoms with Crippen LogP contribution < -0.4 is 15.7 Å². The van der Waals surface area contributed by atoms with Crippen LogP contribution in [0.2, 0.25) is 0 Å². The van der Waals surface area contributed by atoms with Crippen molar-refractivity contribution in [2.45, 2.75) is 6.61 Å². The van der Waals surface area contributed by atoms with Crippen LogP contribution in [-0.4, -0.2) is 18.1 Å². The van der Waals surface area contributed by atoms with E-state index in [0.29, 0.717) is 50.8 Å². The van der Waals surface area contributed by atoms with Gasteiger partial charge in [0.05, 0.1) is 18.2 Å². The molecule has 0 spiro atoms. The summed E-state index contributed by atoms with van der Waals surface area (Å²) < 4.78 is 16.5. The first-order valence-corrected chi connectivity index (χ1v) is 10.9. The third kappa shape index (κ3) is 4.45. The fourth-order valence-corrected chi connectivity index (χ4v) is 3.88. The predicted octanol–water partition coefficient (Wildman–Crippen LogP) is 5.47. The van der Waals surface area contributed by atoms with E-state index in [2.05, 4.69) is 5.32 Å². The second-order valence-corrected chi connectivity index (χ2v) is 7.86. The number of methoxy groups -OCH3 is 1. The average molecular weight is 467 g/mol. The molecule has 0 unspecified atom stereocenters. The Labute approximate surface area is 200 Å². The second-order valence-electron chi connectivity index (χ2n) is 7.86. The van der Waals surface area contributed by atoms with Crippen molar-refractivity contribution in [3.63, 3.8) is 0 Å². The van der Waals surface area contributed by atoms with E-state index in [1.165, 1.54) is 0 Å². The number of carbonyl (C=O) groups excluding carboxylic acids is 1. The van der Waals surface area contributed by atoms with Gasteiger partial charge in [0.15, 0.2) is 0 Å². The maximum atomic E-state index is 13.0. The zero-order valence-corrected chi connectivity index (χ0v) is 18.8. The van der Waals surface area contributed by atoms with Gasteiger partial charge in [-0.25, -0.2) is 4.79 Å². The van der Waals surface area contributed by atoms with Crippen molar-refractivity contribution in [2.24, 2.45) is 0 Å². The Morgan fingerprint density at radius 2 is 1.77 bits per heavy atom. The fraction of sp³-hybridized carbons (Fsp3) is 0.0714. The maximum absolute atomic E-state index is 13.0. The van der Waals surface area contributed by atoms with Gasteiger partial charge in [-0.1, -0.05) is 30.3 Å². The fourth-order valence-electron chi connectivity index (χ4n) is 3.88. The van der Waals surface area contributed by atoms with E-state index < -0.39 is 5.63 Å². The molecule has 0 fully saturated rings. The number of para-hydroxylation sites is 1. The van der Waals surface area contributed by atoms with Crippen molar-refractivity contribution in [1.29, 1.82) is 0 Å². The van der Waals surface area contributed by atoms with E-state index in [1.807, 2.05) is 12.1 Å². The molecule has 0 aliphatic carbocycles. The van der Waals surface area contributed by atoms with Gasteiger partial charge >= 0.3 is 5.63 Å². The van der Waals surface area contributed by atoms with Crippen LogP contribution in [0, 0.1) is 0 Å². The molecule has 0 aliphatic rings. The number of aliphatic hydroxyl groups is 1. The monoisotopic (exact) mass is 467 g/mol. The van der Waals surface area contributed by atoms with Gasteiger partial charge in [-0.05, 0) is 60.2 Å². The van der Waals surface area contributed by atoms with Gasteiger partial charge in [-0.2, -0.15) is 0 Å². The highest BCUT2D eigenvalue weighted by molar-refractivity contribution is 6.05. The summed E-state index contributed by atoms with van der Waals surface area (Å²) in [6.07, 6.45) is 0. The lowest BCUT2D eigenvalue weighted by Gasteiger charge is -2.11. The minimum Gasteiger partial charge on any atom is -0.496 e. The Hall–Kier alpha value is -4.62. The van der Waals surface area contributed by atoms with Crippen LogP contribution in [0.3, 0.4) is 0 Å². The van der Waals surface area contributed by atoms with E-state index in [1.54, 1.807) is 79.9 Å². The molecule has 0 atom stereocenters. The van der Waals surface area contributed by atoms with Crippen molar-refractivity contribution >= 4 is 22.6 Å². The molecule has 3 aromatic carbocycles. The molecule has 2 N–H and O–H groups in total. The number of aliphatic hydroxyl groups excluding tert-OH is 1. The van der Waals surface area contributed by atoms with Gasteiger partial charge in [0.2, 0.25) is 0 Å². The van der Waals surface area contributed by atoms with Crippen molar-refractivity contribution in [1.82, 2.24) is 0 Å². The topological polar surface area (TPSA) is 102 Å². The summed E-state index contributed by atoms with van der Waals surface area (Å²) in [5.41, 5.74) is 2.54. The maximum Gasteiger partial charge on any atom is 0.344 e. The third-order valence-electron chi connectivity index (χ3n) is 5.62. The Kier molecular flexibility index (Phi) is 5.91. The average Bonchev–Trinajstić information content (AvgIpc) is 3.37. The van der Waals surface area contributed by atoms with Crippen LogP contribution in [0.4, 0.5) is 5.69 Å². The SMILES string of the molecule is COc1ccc(NC(=O)c2cccc(-c3cc4ccccc4oc3=O)c2)cc1-c1ccc(CO)o1. The lowest BCUT2D eigenvalue weighted by Crippen LogP contribution is -2.12. The van der Waals surface area contributed by atoms with Crippen molar-refractivity contribution in [3.05, 3.63) is 107 Å². The minimum atomic E-state index is -0.471. The van der Waals surface area contributed by atoms with Gasteiger partial charge in [0.25, 0.3) is 5.91 Å². The summed E-state index contributed by atoms with van der Waals surface area (Å²) in [5, 5.41) is 13.0. The van der Waals surface area contributed by atoms with Gasteiger partial charge in [0, 0.05) is 16.6 Å². The number of rotatable bonds is 6. The third-order valence-corrected chi connectivity index (χ3v) is 5.62. The standard InChI is InChI=1S/C28H21NO6/c1-33-25-11-9-20(15-23(25)26-12-10-21(16-30)34-26)29-27(31)19-7-4-6-17(13-19)22-14-18-5-2-3-8-24(18)35-28(22)32/h2-15,30H,16H2,1H3,(H,29,31). The Bertz CT molecular complexity index is 1600. The van der Waals surface area contributed by atoms with Gasteiger partial charge in [0.1, 0.15) is 29.5 Å². The van der Waals surface area contributed by atoms with Gasteiger partial charge in [-0.15, -0.1) is 0 Å². The molecular formula is C28H21NO6. The highest BCUT2D eigenvalue weighted by atomic mass is 16.5. The Morgan fingerprint density at radius 1 is 0.914 bits per heavy atom. The molecule has 5 rings (SSSR count).